The monoisotopic (exact) mass is 296 g/mol. The zero-order valence-electron chi connectivity index (χ0n) is 14.7. The smallest absolute Gasteiger partial charge is 0.0588 e. The van der Waals surface area contributed by atoms with Gasteiger partial charge in [-0.2, -0.15) is 0 Å². The van der Waals surface area contributed by atoms with Crippen LogP contribution in [0.2, 0.25) is 0 Å². The largest absolute Gasteiger partial charge is 0.378 e. The maximum absolute atomic E-state index is 5.82. The van der Waals surface area contributed by atoms with Crippen LogP contribution in [-0.4, -0.2) is 48.8 Å². The van der Waals surface area contributed by atoms with E-state index in [0.29, 0.717) is 17.7 Å². The minimum absolute atomic E-state index is 0.337. The van der Waals surface area contributed by atoms with Gasteiger partial charge in [0.15, 0.2) is 0 Å². The molecule has 0 saturated carbocycles. The lowest BCUT2D eigenvalue weighted by atomic mass is 9.86. The van der Waals surface area contributed by atoms with Gasteiger partial charge >= 0.3 is 0 Å². The number of nitrogens with one attached hydrogen (secondary N) is 1. The van der Waals surface area contributed by atoms with Gasteiger partial charge in [0, 0.05) is 37.8 Å². The van der Waals surface area contributed by atoms with Gasteiger partial charge < -0.3 is 10.1 Å². The molecule has 3 nitrogen and oxygen atoms in total. The van der Waals surface area contributed by atoms with Gasteiger partial charge in [-0.3, -0.25) is 4.90 Å². The molecule has 2 aliphatic heterocycles. The van der Waals surface area contributed by atoms with Crippen molar-refractivity contribution in [3.63, 3.8) is 0 Å². The van der Waals surface area contributed by atoms with Crippen molar-refractivity contribution in [3.8, 4) is 0 Å². The first-order valence-corrected chi connectivity index (χ1v) is 9.19. The van der Waals surface area contributed by atoms with Crippen molar-refractivity contribution in [2.24, 2.45) is 5.92 Å². The Hall–Kier alpha value is -0.120. The summed E-state index contributed by atoms with van der Waals surface area (Å²) in [5, 5.41) is 3.87. The molecule has 3 heteroatoms. The van der Waals surface area contributed by atoms with Crippen LogP contribution in [0.15, 0.2) is 0 Å². The third-order valence-corrected chi connectivity index (χ3v) is 5.59. The highest BCUT2D eigenvalue weighted by molar-refractivity contribution is 4.97. The van der Waals surface area contributed by atoms with Crippen molar-refractivity contribution in [2.75, 3.05) is 26.2 Å². The molecule has 2 heterocycles. The number of hydrogen-bond acceptors (Lipinski definition) is 3. The predicted molar refractivity (Wildman–Crippen MR) is 89.7 cm³/mol. The molecule has 1 N–H and O–H groups in total. The summed E-state index contributed by atoms with van der Waals surface area (Å²) in [6.45, 7) is 13.9. The molecule has 2 saturated heterocycles. The van der Waals surface area contributed by atoms with Crippen LogP contribution in [-0.2, 0) is 4.74 Å². The van der Waals surface area contributed by atoms with E-state index in [1.807, 2.05) is 0 Å². The molecule has 0 bridgehead atoms. The zero-order valence-corrected chi connectivity index (χ0v) is 14.7. The van der Waals surface area contributed by atoms with Crippen LogP contribution >= 0.6 is 0 Å². The van der Waals surface area contributed by atoms with Gasteiger partial charge in [0.25, 0.3) is 0 Å². The second-order valence-electron chi connectivity index (χ2n) is 7.55. The quantitative estimate of drug-likeness (QED) is 0.779. The Morgan fingerprint density at radius 2 is 2.05 bits per heavy atom. The summed E-state index contributed by atoms with van der Waals surface area (Å²) in [7, 11) is 0. The van der Waals surface area contributed by atoms with Crippen molar-refractivity contribution >= 4 is 0 Å². The first-order valence-electron chi connectivity index (χ1n) is 9.19. The number of piperazine rings is 1. The average Bonchev–Trinajstić information content (AvgIpc) is 2.99. The second-order valence-corrected chi connectivity index (χ2v) is 7.55. The maximum Gasteiger partial charge on any atom is 0.0588 e. The Morgan fingerprint density at radius 3 is 2.62 bits per heavy atom. The third kappa shape index (κ3) is 4.67. The summed E-state index contributed by atoms with van der Waals surface area (Å²) in [6, 6.07) is 0.706. The van der Waals surface area contributed by atoms with E-state index in [2.05, 4.69) is 37.9 Å². The lowest BCUT2D eigenvalue weighted by Gasteiger charge is -2.48. The molecule has 0 radical (unpaired) electrons. The van der Waals surface area contributed by atoms with Crippen LogP contribution in [0, 0.1) is 5.92 Å². The molecule has 0 aromatic rings. The standard InChI is InChI=1S/C18H36N2O/c1-5-18(6-2)14-20(10-9-17-8-7-11-21-17)16(13-19-18)12-15(3)4/h15-17,19H,5-14H2,1-4H3. The minimum Gasteiger partial charge on any atom is -0.378 e. The molecule has 2 aliphatic rings. The Morgan fingerprint density at radius 1 is 1.29 bits per heavy atom. The molecule has 0 amide bonds. The first kappa shape index (κ1) is 17.2. The van der Waals surface area contributed by atoms with Gasteiger partial charge in [-0.1, -0.05) is 27.7 Å². The zero-order chi connectivity index (χ0) is 15.3. The lowest BCUT2D eigenvalue weighted by molar-refractivity contribution is 0.0394. The van der Waals surface area contributed by atoms with Gasteiger partial charge in [-0.25, -0.2) is 0 Å². The highest BCUT2D eigenvalue weighted by atomic mass is 16.5. The summed E-state index contributed by atoms with van der Waals surface area (Å²) in [4.78, 5) is 2.77. The number of rotatable bonds is 7. The van der Waals surface area contributed by atoms with Gasteiger partial charge in [0.2, 0.25) is 0 Å². The van der Waals surface area contributed by atoms with Crippen LogP contribution in [0.4, 0.5) is 0 Å². The Balaban J connectivity index is 1.94. The van der Waals surface area contributed by atoms with Crippen LogP contribution in [0.3, 0.4) is 0 Å². The van der Waals surface area contributed by atoms with Crippen LogP contribution in [0.1, 0.15) is 66.2 Å². The molecule has 21 heavy (non-hydrogen) atoms. The van der Waals surface area contributed by atoms with Gasteiger partial charge in [-0.05, 0) is 44.4 Å². The molecular weight excluding hydrogens is 260 g/mol. The molecule has 2 rings (SSSR count). The van der Waals surface area contributed by atoms with Crippen molar-refractivity contribution in [1.29, 1.82) is 0 Å². The molecule has 2 fully saturated rings. The third-order valence-electron chi connectivity index (χ3n) is 5.59. The number of nitrogens with zero attached hydrogens (tertiary/aromatic N) is 1. The maximum atomic E-state index is 5.82. The Labute approximate surface area is 131 Å². The fraction of sp³-hybridized carbons (Fsp3) is 1.00. The highest BCUT2D eigenvalue weighted by Gasteiger charge is 2.36. The van der Waals surface area contributed by atoms with E-state index in [1.54, 1.807) is 0 Å². The van der Waals surface area contributed by atoms with E-state index in [9.17, 15) is 0 Å². The molecule has 0 spiro atoms. The van der Waals surface area contributed by atoms with Gasteiger partial charge in [0.05, 0.1) is 6.10 Å². The minimum atomic E-state index is 0.337. The van der Waals surface area contributed by atoms with Gasteiger partial charge in [0.1, 0.15) is 0 Å². The summed E-state index contributed by atoms with van der Waals surface area (Å²) in [6.07, 6.45) is 8.04. The molecule has 2 unspecified atom stereocenters. The fourth-order valence-electron chi connectivity index (χ4n) is 3.98. The van der Waals surface area contributed by atoms with E-state index in [1.165, 1.54) is 51.6 Å². The normalized spacial score (nSPS) is 30.1. The summed E-state index contributed by atoms with van der Waals surface area (Å²) in [5.74, 6) is 0.776. The molecule has 0 aromatic heterocycles. The molecule has 0 aromatic carbocycles. The highest BCUT2D eigenvalue weighted by Crippen LogP contribution is 2.26. The number of hydrogen-bond donors (Lipinski definition) is 1. The van der Waals surface area contributed by atoms with Crippen molar-refractivity contribution < 1.29 is 4.74 Å². The van der Waals surface area contributed by atoms with E-state index in [0.717, 1.165) is 19.1 Å². The molecule has 124 valence electrons. The Kier molecular flexibility index (Phi) is 6.51. The molecule has 0 aliphatic carbocycles. The van der Waals surface area contributed by atoms with E-state index >= 15 is 0 Å². The topological polar surface area (TPSA) is 24.5 Å². The summed E-state index contributed by atoms with van der Waals surface area (Å²) in [5.41, 5.74) is 0.337. The van der Waals surface area contributed by atoms with E-state index < -0.39 is 0 Å². The van der Waals surface area contributed by atoms with Crippen LogP contribution < -0.4 is 5.32 Å². The van der Waals surface area contributed by atoms with Crippen LogP contribution in [0.25, 0.3) is 0 Å². The Bertz CT molecular complexity index is 296. The molecular formula is C18H36N2O. The van der Waals surface area contributed by atoms with Crippen molar-refractivity contribution in [3.05, 3.63) is 0 Å². The summed E-state index contributed by atoms with van der Waals surface area (Å²) >= 11 is 0. The number of ether oxygens (including phenoxy) is 1. The SMILES string of the molecule is CCC1(CC)CN(CCC2CCCO2)C(CC(C)C)CN1. The fourth-order valence-corrected chi connectivity index (χ4v) is 3.98. The van der Waals surface area contributed by atoms with Crippen LogP contribution in [0.5, 0.6) is 0 Å². The predicted octanol–water partition coefficient (Wildman–Crippen LogP) is 3.43. The van der Waals surface area contributed by atoms with E-state index in [4.69, 9.17) is 4.74 Å². The lowest BCUT2D eigenvalue weighted by Crippen LogP contribution is -2.64. The van der Waals surface area contributed by atoms with Crippen molar-refractivity contribution in [1.82, 2.24) is 10.2 Å². The average molecular weight is 296 g/mol. The van der Waals surface area contributed by atoms with Gasteiger partial charge in [-0.15, -0.1) is 0 Å². The molecule has 2 atom stereocenters. The second kappa shape index (κ2) is 7.94. The van der Waals surface area contributed by atoms with E-state index in [-0.39, 0.29) is 0 Å². The first-order chi connectivity index (χ1) is 10.1. The van der Waals surface area contributed by atoms with Crippen molar-refractivity contribution in [2.45, 2.75) is 83.9 Å². The summed E-state index contributed by atoms with van der Waals surface area (Å²) < 4.78 is 5.82.